The molecule has 0 aliphatic carbocycles. The zero-order valence-electron chi connectivity index (χ0n) is 19.5. The Balaban J connectivity index is 1.55. The largest absolute Gasteiger partial charge is 0.382 e. The van der Waals surface area contributed by atoms with Crippen molar-refractivity contribution in [2.24, 2.45) is 0 Å². The second kappa shape index (κ2) is 11.6. The number of hydrogen-bond acceptors (Lipinski definition) is 2. The molecule has 0 aromatic heterocycles. The molecule has 0 bridgehead atoms. The first-order valence-electron chi connectivity index (χ1n) is 11.9. The molecule has 0 amide bonds. The van der Waals surface area contributed by atoms with Crippen LogP contribution in [0.3, 0.4) is 0 Å². The van der Waals surface area contributed by atoms with Crippen LogP contribution in [0.15, 0.2) is 152 Å². The SMILES string of the molecule is c1ccc(C(O[SiH](OC(c2ccccc2)c2ccccc2)c2ccccc2)c2ccccc2)cc1. The van der Waals surface area contributed by atoms with Gasteiger partial charge < -0.3 is 8.85 Å². The molecule has 35 heavy (non-hydrogen) atoms. The van der Waals surface area contributed by atoms with Gasteiger partial charge in [-0.05, 0) is 27.4 Å². The minimum Gasteiger partial charge on any atom is -0.382 e. The average Bonchev–Trinajstić information content (AvgIpc) is 2.95. The smallest absolute Gasteiger partial charge is 0.357 e. The fourth-order valence-corrected chi connectivity index (χ4v) is 6.29. The lowest BCUT2D eigenvalue weighted by atomic mass is 10.0. The molecule has 0 saturated heterocycles. The predicted octanol–water partition coefficient (Wildman–Crippen LogP) is 6.73. The van der Waals surface area contributed by atoms with Gasteiger partial charge in [0, 0.05) is 0 Å². The molecule has 0 unspecified atom stereocenters. The zero-order chi connectivity index (χ0) is 23.7. The molecule has 0 atom stereocenters. The van der Waals surface area contributed by atoms with Crippen molar-refractivity contribution in [2.75, 3.05) is 0 Å². The van der Waals surface area contributed by atoms with Gasteiger partial charge in [-0.3, -0.25) is 0 Å². The Morgan fingerprint density at radius 1 is 0.343 bits per heavy atom. The van der Waals surface area contributed by atoms with Crippen LogP contribution in [0, 0.1) is 0 Å². The molecule has 0 fully saturated rings. The minimum atomic E-state index is -2.39. The van der Waals surface area contributed by atoms with E-state index in [1.165, 1.54) is 0 Å². The van der Waals surface area contributed by atoms with E-state index in [0.29, 0.717) is 0 Å². The quantitative estimate of drug-likeness (QED) is 0.222. The summed E-state index contributed by atoms with van der Waals surface area (Å²) in [7, 11) is -2.39. The number of hydrogen-bond donors (Lipinski definition) is 0. The van der Waals surface area contributed by atoms with Gasteiger partial charge in [0.2, 0.25) is 0 Å². The maximum absolute atomic E-state index is 7.00. The molecule has 0 N–H and O–H groups in total. The summed E-state index contributed by atoms with van der Waals surface area (Å²) < 4.78 is 14.0. The molecule has 5 rings (SSSR count). The van der Waals surface area contributed by atoms with Crippen LogP contribution in [0.1, 0.15) is 34.5 Å². The van der Waals surface area contributed by atoms with E-state index < -0.39 is 9.28 Å². The Morgan fingerprint density at radius 2 is 0.600 bits per heavy atom. The van der Waals surface area contributed by atoms with Crippen LogP contribution in [-0.4, -0.2) is 9.28 Å². The lowest BCUT2D eigenvalue weighted by Gasteiger charge is -2.29. The first-order valence-corrected chi connectivity index (χ1v) is 13.5. The lowest BCUT2D eigenvalue weighted by molar-refractivity contribution is 0.141. The summed E-state index contributed by atoms with van der Waals surface area (Å²) in [4.78, 5) is 0. The first kappa shape index (κ1) is 23.0. The van der Waals surface area contributed by atoms with E-state index in [2.05, 4.69) is 121 Å². The molecule has 5 aromatic carbocycles. The molecule has 172 valence electrons. The Labute approximate surface area is 209 Å². The summed E-state index contributed by atoms with van der Waals surface area (Å²) >= 11 is 0. The maximum atomic E-state index is 7.00. The van der Waals surface area contributed by atoms with Crippen molar-refractivity contribution in [3.63, 3.8) is 0 Å². The van der Waals surface area contributed by atoms with Gasteiger partial charge in [0.1, 0.15) is 0 Å². The lowest BCUT2D eigenvalue weighted by Crippen LogP contribution is -2.39. The van der Waals surface area contributed by atoms with Crippen molar-refractivity contribution in [1.82, 2.24) is 0 Å². The van der Waals surface area contributed by atoms with Gasteiger partial charge in [-0.2, -0.15) is 0 Å². The maximum Gasteiger partial charge on any atom is 0.357 e. The molecule has 0 aliphatic rings. The fraction of sp³-hybridized carbons (Fsp3) is 0.0625. The molecule has 0 spiro atoms. The van der Waals surface area contributed by atoms with Crippen LogP contribution in [-0.2, 0) is 8.85 Å². The third kappa shape index (κ3) is 5.84. The Kier molecular flexibility index (Phi) is 7.61. The molecule has 0 radical (unpaired) electrons. The van der Waals surface area contributed by atoms with E-state index in [4.69, 9.17) is 8.85 Å². The van der Waals surface area contributed by atoms with Crippen LogP contribution in [0.5, 0.6) is 0 Å². The van der Waals surface area contributed by atoms with Gasteiger partial charge in [-0.1, -0.05) is 152 Å². The zero-order valence-corrected chi connectivity index (χ0v) is 20.6. The van der Waals surface area contributed by atoms with E-state index in [9.17, 15) is 0 Å². The van der Waals surface area contributed by atoms with Gasteiger partial charge in [0.05, 0.1) is 12.2 Å². The van der Waals surface area contributed by atoms with Gasteiger partial charge >= 0.3 is 9.28 Å². The van der Waals surface area contributed by atoms with Gasteiger partial charge in [-0.25, -0.2) is 0 Å². The standard InChI is InChI=1S/C32H28O2Si/c1-6-16-26(17-7-1)31(27-18-8-2-9-19-27)33-35(30-24-14-5-15-25-30)34-32(28-20-10-3-11-21-28)29-22-12-4-13-23-29/h1-25,31-32,35H. The van der Waals surface area contributed by atoms with E-state index in [1.807, 2.05) is 30.3 Å². The van der Waals surface area contributed by atoms with Gasteiger partial charge in [0.15, 0.2) is 0 Å². The molecule has 5 aromatic rings. The Bertz CT molecular complexity index is 1120. The third-order valence-corrected chi connectivity index (χ3v) is 7.97. The summed E-state index contributed by atoms with van der Waals surface area (Å²) in [6.45, 7) is 0. The highest BCUT2D eigenvalue weighted by molar-refractivity contribution is 6.61. The van der Waals surface area contributed by atoms with Crippen LogP contribution < -0.4 is 5.19 Å². The Morgan fingerprint density at radius 3 is 0.886 bits per heavy atom. The van der Waals surface area contributed by atoms with Crippen molar-refractivity contribution in [2.45, 2.75) is 12.2 Å². The monoisotopic (exact) mass is 472 g/mol. The van der Waals surface area contributed by atoms with Crippen molar-refractivity contribution in [3.05, 3.63) is 174 Å². The molecular formula is C32H28O2Si. The topological polar surface area (TPSA) is 18.5 Å². The van der Waals surface area contributed by atoms with Crippen LogP contribution in [0.25, 0.3) is 0 Å². The van der Waals surface area contributed by atoms with Crippen LogP contribution in [0.2, 0.25) is 0 Å². The highest BCUT2D eigenvalue weighted by Crippen LogP contribution is 2.31. The summed E-state index contributed by atoms with van der Waals surface area (Å²) in [5.74, 6) is 0. The van der Waals surface area contributed by atoms with Crippen molar-refractivity contribution in [3.8, 4) is 0 Å². The summed E-state index contributed by atoms with van der Waals surface area (Å²) in [6.07, 6.45) is -0.442. The van der Waals surface area contributed by atoms with E-state index in [0.717, 1.165) is 27.4 Å². The van der Waals surface area contributed by atoms with Crippen molar-refractivity contribution >= 4 is 14.5 Å². The van der Waals surface area contributed by atoms with Crippen LogP contribution >= 0.6 is 0 Å². The second-order valence-electron chi connectivity index (χ2n) is 8.42. The molecule has 2 nitrogen and oxygen atoms in total. The molecule has 0 aliphatic heterocycles. The van der Waals surface area contributed by atoms with E-state index in [-0.39, 0.29) is 12.2 Å². The average molecular weight is 473 g/mol. The fourth-order valence-electron chi connectivity index (χ4n) is 4.26. The predicted molar refractivity (Wildman–Crippen MR) is 145 cm³/mol. The summed E-state index contributed by atoms with van der Waals surface area (Å²) in [6, 6.07) is 52.0. The van der Waals surface area contributed by atoms with Crippen molar-refractivity contribution < 1.29 is 8.85 Å². The molecule has 0 saturated carbocycles. The highest BCUT2D eigenvalue weighted by atomic mass is 28.3. The van der Waals surface area contributed by atoms with Gasteiger partial charge in [0.25, 0.3) is 0 Å². The Hall–Kier alpha value is -3.76. The first-order chi connectivity index (χ1) is 17.4. The van der Waals surface area contributed by atoms with Gasteiger partial charge in [-0.15, -0.1) is 0 Å². The minimum absolute atomic E-state index is 0.221. The molecule has 3 heteroatoms. The normalized spacial score (nSPS) is 11.3. The second-order valence-corrected chi connectivity index (χ2v) is 10.3. The van der Waals surface area contributed by atoms with E-state index in [1.54, 1.807) is 0 Å². The van der Waals surface area contributed by atoms with Crippen molar-refractivity contribution in [1.29, 1.82) is 0 Å². The third-order valence-electron chi connectivity index (χ3n) is 6.00. The van der Waals surface area contributed by atoms with Crippen LogP contribution in [0.4, 0.5) is 0 Å². The summed E-state index contributed by atoms with van der Waals surface area (Å²) in [5, 5.41) is 1.11. The number of benzene rings is 5. The summed E-state index contributed by atoms with van der Waals surface area (Å²) in [5.41, 5.74) is 4.47. The number of rotatable bonds is 9. The van der Waals surface area contributed by atoms with E-state index >= 15 is 0 Å². The molecule has 0 heterocycles. The molecular weight excluding hydrogens is 444 g/mol. The highest BCUT2D eigenvalue weighted by Gasteiger charge is 2.28.